The van der Waals surface area contributed by atoms with E-state index in [0.717, 1.165) is 24.3 Å². The molecule has 0 fully saturated rings. The highest BCUT2D eigenvalue weighted by atomic mass is 17.0. The van der Waals surface area contributed by atoms with Gasteiger partial charge in [-0.3, -0.25) is 10.1 Å². The number of rotatable bonds is 10. The van der Waals surface area contributed by atoms with Crippen LogP contribution in [0, 0.1) is 35.8 Å². The molecule has 1 atom stereocenters. The monoisotopic (exact) mass is 373 g/mol. The predicted octanol–water partition coefficient (Wildman–Crippen LogP) is 1.56. The summed E-state index contributed by atoms with van der Waals surface area (Å²) in [6, 6.07) is 4.50. The molecule has 0 heterocycles. The highest BCUT2D eigenvalue weighted by Crippen LogP contribution is 2.25. The van der Waals surface area contributed by atoms with Crippen molar-refractivity contribution in [2.24, 2.45) is 5.41 Å². The second-order valence-electron chi connectivity index (χ2n) is 5.71. The maximum absolute atomic E-state index is 12.0. The smallest absolute Gasteiger partial charge is 0.338 e. The van der Waals surface area contributed by atoms with Gasteiger partial charge in [0.15, 0.2) is 0 Å². The molecule has 0 amide bonds. The van der Waals surface area contributed by atoms with Crippen LogP contribution in [0.25, 0.3) is 0 Å². The number of ether oxygens (including phenoxy) is 1. The lowest BCUT2D eigenvalue weighted by Gasteiger charge is -2.30. The number of carbonyl (C=O) groups excluding carboxylic acids is 1. The van der Waals surface area contributed by atoms with Crippen LogP contribution in [-0.2, 0) is 14.4 Å². The number of benzene rings is 1. The van der Waals surface area contributed by atoms with Gasteiger partial charge in [0.1, 0.15) is 19.3 Å². The van der Waals surface area contributed by atoms with Crippen LogP contribution in [-0.4, -0.2) is 40.4 Å². The first-order valence-electron chi connectivity index (χ1n) is 7.03. The molecule has 0 aliphatic rings. The fraction of sp³-hybridized carbons (Fsp3) is 0.462. The van der Waals surface area contributed by atoms with Gasteiger partial charge in [0.25, 0.3) is 15.9 Å². The van der Waals surface area contributed by atoms with E-state index in [1.54, 1.807) is 0 Å². The Morgan fingerprint density at radius 2 is 1.65 bits per heavy atom. The highest BCUT2D eigenvalue weighted by molar-refractivity contribution is 5.89. The molecule has 1 aromatic rings. The number of nitrogens with zero attached hydrogens (tertiary/aromatic N) is 3. The average molecular weight is 373 g/mol. The van der Waals surface area contributed by atoms with E-state index < -0.39 is 45.8 Å². The van der Waals surface area contributed by atoms with Crippen LogP contribution in [0.1, 0.15) is 24.2 Å². The van der Waals surface area contributed by atoms with Crippen LogP contribution < -0.4 is 0 Å². The highest BCUT2D eigenvalue weighted by Gasteiger charge is 2.35. The summed E-state index contributed by atoms with van der Waals surface area (Å²) in [5.41, 5.74) is -1.49. The summed E-state index contributed by atoms with van der Waals surface area (Å²) in [6.07, 6.45) is -1.35. The second kappa shape index (κ2) is 8.55. The van der Waals surface area contributed by atoms with Gasteiger partial charge >= 0.3 is 5.97 Å². The van der Waals surface area contributed by atoms with Crippen LogP contribution >= 0.6 is 0 Å². The van der Waals surface area contributed by atoms with Crippen molar-refractivity contribution < 1.29 is 34.3 Å². The zero-order chi connectivity index (χ0) is 19.9. The van der Waals surface area contributed by atoms with E-state index in [4.69, 9.17) is 4.74 Å². The fourth-order valence-corrected chi connectivity index (χ4v) is 1.77. The van der Waals surface area contributed by atoms with Crippen molar-refractivity contribution in [3.05, 3.63) is 60.2 Å². The molecule has 1 aromatic carbocycles. The SMILES string of the molecule is CC(C)(CO[N+](=O)[O-])[C@@H](COC(=O)c1ccc([N+](=O)[O-])cc1)O[N+](=O)[O-]. The molecule has 0 bridgehead atoms. The number of nitro benzene ring substituents is 1. The first-order valence-corrected chi connectivity index (χ1v) is 7.03. The van der Waals surface area contributed by atoms with Crippen LogP contribution in [0.5, 0.6) is 0 Å². The van der Waals surface area contributed by atoms with Gasteiger partial charge in [-0.25, -0.2) is 4.79 Å². The predicted molar refractivity (Wildman–Crippen MR) is 82.0 cm³/mol. The molecule has 142 valence electrons. The second-order valence-corrected chi connectivity index (χ2v) is 5.71. The first-order chi connectivity index (χ1) is 12.0. The van der Waals surface area contributed by atoms with Crippen LogP contribution in [0.3, 0.4) is 0 Å². The molecule has 0 saturated heterocycles. The quantitative estimate of drug-likeness (QED) is 0.332. The third-order valence-corrected chi connectivity index (χ3v) is 3.31. The van der Waals surface area contributed by atoms with Crippen LogP contribution in [0.2, 0.25) is 0 Å². The molecule has 1 rings (SSSR count). The van der Waals surface area contributed by atoms with Crippen molar-refractivity contribution in [3.8, 4) is 0 Å². The van der Waals surface area contributed by atoms with Crippen molar-refractivity contribution in [2.75, 3.05) is 13.2 Å². The molecular formula is C13H15N3O10. The third kappa shape index (κ3) is 6.18. The first kappa shape index (κ1) is 20.5. The van der Waals surface area contributed by atoms with Crippen molar-refractivity contribution in [2.45, 2.75) is 20.0 Å². The summed E-state index contributed by atoms with van der Waals surface area (Å²) in [6.45, 7) is 1.66. The van der Waals surface area contributed by atoms with Gasteiger partial charge in [-0.15, -0.1) is 20.2 Å². The van der Waals surface area contributed by atoms with Gasteiger partial charge in [-0.05, 0) is 12.1 Å². The molecule has 0 aromatic heterocycles. The topological polar surface area (TPSA) is 174 Å². The van der Waals surface area contributed by atoms with E-state index in [1.165, 1.54) is 13.8 Å². The number of non-ortho nitro benzene ring substituents is 1. The molecule has 13 nitrogen and oxygen atoms in total. The van der Waals surface area contributed by atoms with E-state index in [1.807, 2.05) is 0 Å². The van der Waals surface area contributed by atoms with Crippen LogP contribution in [0.15, 0.2) is 24.3 Å². The summed E-state index contributed by atoms with van der Waals surface area (Å²) in [7, 11) is 0. The largest absolute Gasteiger partial charge is 0.460 e. The Morgan fingerprint density at radius 3 is 2.12 bits per heavy atom. The Hall–Kier alpha value is -3.51. The van der Waals surface area contributed by atoms with Gasteiger partial charge in [0, 0.05) is 17.5 Å². The normalized spacial score (nSPS) is 11.9. The zero-order valence-corrected chi connectivity index (χ0v) is 13.7. The summed E-state index contributed by atoms with van der Waals surface area (Å²) in [5, 5.41) is 29.3. The van der Waals surface area contributed by atoms with E-state index in [-0.39, 0.29) is 11.3 Å². The lowest BCUT2D eigenvalue weighted by Crippen LogP contribution is -2.41. The Kier molecular flexibility index (Phi) is 6.75. The Morgan fingerprint density at radius 1 is 1.08 bits per heavy atom. The van der Waals surface area contributed by atoms with Crippen molar-refractivity contribution in [1.29, 1.82) is 0 Å². The number of hydrogen-bond donors (Lipinski definition) is 0. The Bertz CT molecular complexity index is 688. The lowest BCUT2D eigenvalue weighted by molar-refractivity contribution is -0.780. The standard InChI is InChI=1S/C13H15N3O10/c1-13(2,8-25-15(20)21)11(26-16(22)23)7-24-12(17)9-3-5-10(6-4-9)14(18)19/h3-6,11H,7-8H2,1-2H3/t11-/m1/s1. The number of carbonyl (C=O) groups is 1. The molecule has 0 unspecified atom stereocenters. The molecule has 26 heavy (non-hydrogen) atoms. The molecule has 0 spiro atoms. The molecule has 0 radical (unpaired) electrons. The molecule has 0 saturated carbocycles. The molecule has 0 aliphatic heterocycles. The fourth-order valence-electron chi connectivity index (χ4n) is 1.77. The zero-order valence-electron chi connectivity index (χ0n) is 13.7. The Labute approximate surface area is 145 Å². The maximum Gasteiger partial charge on any atom is 0.338 e. The molecule has 0 aliphatic carbocycles. The van der Waals surface area contributed by atoms with Crippen molar-refractivity contribution in [3.63, 3.8) is 0 Å². The van der Waals surface area contributed by atoms with Gasteiger partial charge in [-0.2, -0.15) is 0 Å². The number of esters is 1. The summed E-state index contributed by atoms with van der Waals surface area (Å²) >= 11 is 0. The van der Waals surface area contributed by atoms with E-state index in [2.05, 4.69) is 9.68 Å². The van der Waals surface area contributed by atoms with Crippen LogP contribution in [0.4, 0.5) is 5.69 Å². The van der Waals surface area contributed by atoms with Crippen molar-refractivity contribution >= 4 is 11.7 Å². The average Bonchev–Trinajstić information content (AvgIpc) is 2.56. The minimum atomic E-state index is -1.35. The van der Waals surface area contributed by atoms with E-state index in [0.29, 0.717) is 0 Å². The number of nitro groups is 1. The lowest BCUT2D eigenvalue weighted by atomic mass is 9.88. The van der Waals surface area contributed by atoms with Gasteiger partial charge in [0.2, 0.25) is 0 Å². The Balaban J connectivity index is 2.78. The molecule has 13 heteroatoms. The van der Waals surface area contributed by atoms with E-state index >= 15 is 0 Å². The number of hydrogen-bond acceptors (Lipinski definition) is 10. The minimum absolute atomic E-state index is 0.0187. The minimum Gasteiger partial charge on any atom is -0.460 e. The summed E-state index contributed by atoms with van der Waals surface area (Å²) in [4.78, 5) is 51.4. The van der Waals surface area contributed by atoms with Gasteiger partial charge in [-0.1, -0.05) is 13.8 Å². The van der Waals surface area contributed by atoms with Gasteiger partial charge in [0.05, 0.1) is 10.5 Å². The van der Waals surface area contributed by atoms with Gasteiger partial charge < -0.3 is 14.4 Å². The van der Waals surface area contributed by atoms with E-state index in [9.17, 15) is 35.1 Å². The third-order valence-electron chi connectivity index (χ3n) is 3.31. The molecule has 0 N–H and O–H groups in total. The maximum atomic E-state index is 12.0. The summed E-state index contributed by atoms with van der Waals surface area (Å²) < 4.78 is 4.92. The van der Waals surface area contributed by atoms with Crippen molar-refractivity contribution in [1.82, 2.24) is 0 Å². The molecular weight excluding hydrogens is 358 g/mol. The summed E-state index contributed by atoms with van der Waals surface area (Å²) in [5.74, 6) is -0.900.